The van der Waals surface area contributed by atoms with Crippen molar-refractivity contribution in [3.8, 4) is 0 Å². The Morgan fingerprint density at radius 1 is 1.60 bits per heavy atom. The number of rotatable bonds is 5. The molecule has 0 aliphatic carbocycles. The number of hydrogen-bond acceptors (Lipinski definition) is 3. The Kier molecular flexibility index (Phi) is 4.09. The van der Waals surface area contributed by atoms with Crippen molar-refractivity contribution in [2.45, 2.75) is 19.9 Å². The minimum Gasteiger partial charge on any atom is -0.383 e. The predicted molar refractivity (Wildman–Crippen MR) is 59.7 cm³/mol. The first kappa shape index (κ1) is 11.5. The Hall–Kier alpha value is -1.58. The molecule has 0 fully saturated rings. The van der Waals surface area contributed by atoms with Gasteiger partial charge in [-0.3, -0.25) is 4.79 Å². The number of ketones is 1. The van der Waals surface area contributed by atoms with Crippen molar-refractivity contribution in [3.05, 3.63) is 30.5 Å². The Bertz CT molecular complexity index is 352. The summed E-state index contributed by atoms with van der Waals surface area (Å²) in [6.07, 6.45) is 7.60. The van der Waals surface area contributed by atoms with Gasteiger partial charge >= 0.3 is 0 Å². The van der Waals surface area contributed by atoms with E-state index in [-0.39, 0.29) is 5.78 Å². The zero-order valence-corrected chi connectivity index (χ0v) is 9.47. The van der Waals surface area contributed by atoms with Crippen molar-refractivity contribution in [1.29, 1.82) is 0 Å². The van der Waals surface area contributed by atoms with E-state index in [4.69, 9.17) is 0 Å². The van der Waals surface area contributed by atoms with E-state index in [0.717, 1.165) is 13.0 Å². The molecule has 15 heavy (non-hydrogen) atoms. The maximum absolute atomic E-state index is 11.7. The van der Waals surface area contributed by atoms with E-state index in [1.54, 1.807) is 24.8 Å². The summed E-state index contributed by atoms with van der Waals surface area (Å²) in [4.78, 5) is 17.5. The Labute approximate surface area is 90.2 Å². The fraction of sp³-hybridized carbons (Fsp3) is 0.455. The maximum atomic E-state index is 11.7. The molecule has 0 radical (unpaired) electrons. The number of carbonyl (C=O) groups excluding carboxylic acids is 1. The van der Waals surface area contributed by atoms with Gasteiger partial charge in [-0.2, -0.15) is 0 Å². The molecule has 1 heterocycles. The SMILES string of the molecule is CCCn1cncc1C(=O)C=CN(C)C. The molecule has 0 saturated carbocycles. The fourth-order valence-electron chi connectivity index (χ4n) is 1.25. The van der Waals surface area contributed by atoms with E-state index >= 15 is 0 Å². The van der Waals surface area contributed by atoms with Crippen LogP contribution in [0.3, 0.4) is 0 Å². The molecule has 0 bridgehead atoms. The lowest BCUT2D eigenvalue weighted by molar-refractivity contribution is 0.103. The molecule has 0 amide bonds. The maximum Gasteiger partial charge on any atom is 0.205 e. The van der Waals surface area contributed by atoms with Crippen LogP contribution in [0.5, 0.6) is 0 Å². The third kappa shape index (κ3) is 3.23. The van der Waals surface area contributed by atoms with Gasteiger partial charge in [0.25, 0.3) is 0 Å². The van der Waals surface area contributed by atoms with Gasteiger partial charge in [-0.1, -0.05) is 6.92 Å². The first-order valence-electron chi connectivity index (χ1n) is 5.04. The van der Waals surface area contributed by atoms with Crippen molar-refractivity contribution in [1.82, 2.24) is 14.5 Å². The topological polar surface area (TPSA) is 38.1 Å². The van der Waals surface area contributed by atoms with E-state index in [9.17, 15) is 4.79 Å². The molecule has 4 nitrogen and oxygen atoms in total. The summed E-state index contributed by atoms with van der Waals surface area (Å²) >= 11 is 0. The van der Waals surface area contributed by atoms with Gasteiger partial charge in [0.15, 0.2) is 0 Å². The van der Waals surface area contributed by atoms with E-state index in [0.29, 0.717) is 5.69 Å². The van der Waals surface area contributed by atoms with Gasteiger partial charge in [-0.05, 0) is 6.42 Å². The van der Waals surface area contributed by atoms with E-state index in [1.165, 1.54) is 0 Å². The van der Waals surface area contributed by atoms with Gasteiger partial charge in [0.2, 0.25) is 5.78 Å². The van der Waals surface area contributed by atoms with Crippen LogP contribution < -0.4 is 0 Å². The molecular formula is C11H17N3O. The van der Waals surface area contributed by atoms with Gasteiger partial charge in [0, 0.05) is 32.9 Å². The lowest BCUT2D eigenvalue weighted by Crippen LogP contribution is -2.08. The molecule has 0 aliphatic rings. The molecule has 82 valence electrons. The summed E-state index contributed by atoms with van der Waals surface area (Å²) < 4.78 is 1.88. The first-order chi connectivity index (χ1) is 7.15. The second-order valence-corrected chi connectivity index (χ2v) is 3.62. The standard InChI is InChI=1S/C11H17N3O/c1-4-6-14-9-12-8-10(14)11(15)5-7-13(2)3/h5,7-9H,4,6H2,1-3H3. The summed E-state index contributed by atoms with van der Waals surface area (Å²) in [5, 5.41) is 0. The summed E-state index contributed by atoms with van der Waals surface area (Å²) in [5.41, 5.74) is 0.648. The summed E-state index contributed by atoms with van der Waals surface area (Å²) in [7, 11) is 3.76. The highest BCUT2D eigenvalue weighted by atomic mass is 16.1. The molecule has 1 rings (SSSR count). The van der Waals surface area contributed by atoms with Crippen LogP contribution in [0.2, 0.25) is 0 Å². The Morgan fingerprint density at radius 2 is 2.33 bits per heavy atom. The highest BCUT2D eigenvalue weighted by Crippen LogP contribution is 2.03. The zero-order valence-electron chi connectivity index (χ0n) is 9.47. The monoisotopic (exact) mass is 207 g/mol. The van der Waals surface area contributed by atoms with Crippen LogP contribution in [0.15, 0.2) is 24.8 Å². The quantitative estimate of drug-likeness (QED) is 0.543. The number of imidazole rings is 1. The second-order valence-electron chi connectivity index (χ2n) is 3.62. The van der Waals surface area contributed by atoms with Crippen molar-refractivity contribution >= 4 is 5.78 Å². The molecule has 0 aromatic carbocycles. The molecule has 4 heteroatoms. The molecule has 0 atom stereocenters. The average Bonchev–Trinajstić information content (AvgIpc) is 2.63. The Balaban J connectivity index is 2.77. The third-order valence-corrected chi connectivity index (χ3v) is 1.95. The van der Waals surface area contributed by atoms with Crippen LogP contribution in [0, 0.1) is 0 Å². The molecule has 0 aliphatic heterocycles. The molecule has 0 saturated heterocycles. The highest BCUT2D eigenvalue weighted by molar-refractivity contribution is 6.03. The predicted octanol–water partition coefficient (Wildman–Crippen LogP) is 1.55. The Morgan fingerprint density at radius 3 is 2.93 bits per heavy atom. The van der Waals surface area contributed by atoms with E-state index in [1.807, 2.05) is 23.6 Å². The number of hydrogen-bond donors (Lipinski definition) is 0. The van der Waals surface area contributed by atoms with E-state index in [2.05, 4.69) is 11.9 Å². The largest absolute Gasteiger partial charge is 0.383 e. The first-order valence-corrected chi connectivity index (χ1v) is 5.04. The molecule has 1 aromatic rings. The van der Waals surface area contributed by atoms with Crippen LogP contribution in [-0.4, -0.2) is 34.3 Å². The van der Waals surface area contributed by atoms with Gasteiger partial charge in [0.1, 0.15) is 5.69 Å². The second kappa shape index (κ2) is 5.34. The normalized spacial score (nSPS) is 10.9. The molecule has 1 aromatic heterocycles. The molecule has 0 spiro atoms. The summed E-state index contributed by atoms with van der Waals surface area (Å²) in [5.74, 6) is -0.00495. The van der Waals surface area contributed by atoms with Crippen LogP contribution >= 0.6 is 0 Å². The average molecular weight is 207 g/mol. The van der Waals surface area contributed by atoms with Crippen LogP contribution in [0.1, 0.15) is 23.8 Å². The van der Waals surface area contributed by atoms with Gasteiger partial charge < -0.3 is 9.47 Å². The third-order valence-electron chi connectivity index (χ3n) is 1.95. The van der Waals surface area contributed by atoms with Crippen molar-refractivity contribution in [2.75, 3.05) is 14.1 Å². The number of aryl methyl sites for hydroxylation is 1. The van der Waals surface area contributed by atoms with Crippen molar-refractivity contribution in [3.63, 3.8) is 0 Å². The fourth-order valence-corrected chi connectivity index (χ4v) is 1.25. The minimum atomic E-state index is -0.00495. The number of allylic oxidation sites excluding steroid dienone is 1. The van der Waals surface area contributed by atoms with E-state index < -0.39 is 0 Å². The number of carbonyl (C=O) groups is 1. The molecular weight excluding hydrogens is 190 g/mol. The smallest absolute Gasteiger partial charge is 0.205 e. The van der Waals surface area contributed by atoms with Gasteiger partial charge in [-0.25, -0.2) is 4.98 Å². The van der Waals surface area contributed by atoms with Crippen molar-refractivity contribution < 1.29 is 4.79 Å². The minimum absolute atomic E-state index is 0.00495. The number of aromatic nitrogens is 2. The highest BCUT2D eigenvalue weighted by Gasteiger charge is 2.07. The molecule has 0 N–H and O–H groups in total. The molecule has 0 unspecified atom stereocenters. The lowest BCUT2D eigenvalue weighted by atomic mass is 10.3. The van der Waals surface area contributed by atoms with Crippen LogP contribution in [-0.2, 0) is 6.54 Å². The summed E-state index contributed by atoms with van der Waals surface area (Å²) in [6, 6.07) is 0. The zero-order chi connectivity index (χ0) is 11.3. The van der Waals surface area contributed by atoms with Crippen LogP contribution in [0.25, 0.3) is 0 Å². The summed E-state index contributed by atoms with van der Waals surface area (Å²) in [6.45, 7) is 2.90. The van der Waals surface area contributed by atoms with Crippen molar-refractivity contribution in [2.24, 2.45) is 0 Å². The number of nitrogens with zero attached hydrogens (tertiary/aromatic N) is 3. The van der Waals surface area contributed by atoms with Crippen LogP contribution in [0.4, 0.5) is 0 Å². The lowest BCUT2D eigenvalue weighted by Gasteiger charge is -2.05. The van der Waals surface area contributed by atoms with Gasteiger partial charge in [0.05, 0.1) is 12.5 Å². The van der Waals surface area contributed by atoms with Gasteiger partial charge in [-0.15, -0.1) is 0 Å².